The van der Waals surface area contributed by atoms with E-state index in [-0.39, 0.29) is 5.75 Å². The fourth-order valence-electron chi connectivity index (χ4n) is 1.35. The molecule has 2 rings (SSSR count). The van der Waals surface area contributed by atoms with Gasteiger partial charge in [-0.15, -0.1) is 0 Å². The topological polar surface area (TPSA) is 50.1 Å². The molecule has 0 unspecified atom stereocenters. The summed E-state index contributed by atoms with van der Waals surface area (Å²) >= 11 is 0. The number of phenolic OH excluding ortho intramolecular Hbond substituents is 1. The predicted molar refractivity (Wildman–Crippen MR) is 59.3 cm³/mol. The minimum absolute atomic E-state index is 0.237. The Hall–Kier alpha value is -1.97. The maximum atomic E-state index is 9.58. The van der Waals surface area contributed by atoms with E-state index >= 15 is 0 Å². The maximum absolute atomic E-state index is 9.58. The van der Waals surface area contributed by atoms with E-state index in [9.17, 15) is 5.11 Å². The summed E-state index contributed by atoms with van der Waals surface area (Å²) in [7, 11) is 1.88. The zero-order valence-corrected chi connectivity index (χ0v) is 8.73. The van der Waals surface area contributed by atoms with Gasteiger partial charge >= 0.3 is 0 Å². The van der Waals surface area contributed by atoms with Crippen molar-refractivity contribution in [2.45, 2.75) is 6.92 Å². The van der Waals surface area contributed by atoms with E-state index in [0.29, 0.717) is 5.69 Å². The van der Waals surface area contributed by atoms with Gasteiger partial charge in [0.15, 0.2) is 0 Å². The second kappa shape index (κ2) is 3.65. The number of aromatic nitrogens is 2. The number of benzene rings is 1. The van der Waals surface area contributed by atoms with E-state index in [4.69, 9.17) is 0 Å². The van der Waals surface area contributed by atoms with Gasteiger partial charge < -0.3 is 10.4 Å². The number of hydrogen-bond acceptors (Lipinski definition) is 3. The largest absolute Gasteiger partial charge is 0.506 e. The van der Waals surface area contributed by atoms with E-state index in [1.54, 1.807) is 23.0 Å². The normalized spacial score (nSPS) is 10.3. The third-order valence-electron chi connectivity index (χ3n) is 2.41. The third kappa shape index (κ3) is 1.79. The molecule has 0 spiro atoms. The Morgan fingerprint density at radius 2 is 2.00 bits per heavy atom. The lowest BCUT2D eigenvalue weighted by molar-refractivity contribution is 0.478. The first-order valence-electron chi connectivity index (χ1n) is 4.72. The molecule has 1 aromatic carbocycles. The maximum Gasteiger partial charge on any atom is 0.139 e. The van der Waals surface area contributed by atoms with Gasteiger partial charge in [0, 0.05) is 7.05 Å². The molecular weight excluding hydrogens is 190 g/mol. The lowest BCUT2D eigenvalue weighted by Crippen LogP contribution is -1.95. The molecule has 15 heavy (non-hydrogen) atoms. The second-order valence-corrected chi connectivity index (χ2v) is 3.41. The number of aromatic hydroxyl groups is 1. The molecule has 4 heteroatoms. The van der Waals surface area contributed by atoms with Crippen molar-refractivity contribution in [2.75, 3.05) is 5.32 Å². The Labute approximate surface area is 88.2 Å². The molecule has 1 aromatic heterocycles. The molecule has 4 nitrogen and oxygen atoms in total. The number of phenols is 1. The first-order valence-corrected chi connectivity index (χ1v) is 4.72. The van der Waals surface area contributed by atoms with Crippen LogP contribution in [0.4, 0.5) is 11.4 Å². The summed E-state index contributed by atoms with van der Waals surface area (Å²) in [5.74, 6) is 0.237. The van der Waals surface area contributed by atoms with Crippen molar-refractivity contribution in [1.82, 2.24) is 9.78 Å². The summed E-state index contributed by atoms with van der Waals surface area (Å²) in [5.41, 5.74) is 2.62. The Kier molecular flexibility index (Phi) is 2.33. The molecule has 0 aliphatic rings. The Balaban J connectivity index is 2.30. The van der Waals surface area contributed by atoms with Crippen LogP contribution in [-0.2, 0) is 7.05 Å². The van der Waals surface area contributed by atoms with Gasteiger partial charge in [-0.25, -0.2) is 0 Å². The standard InChI is InChI=1S/C11H13N3O/c1-8-10(7-12-14(8)2)13-9-5-3-4-6-11(9)15/h3-7,13,15H,1-2H3. The van der Waals surface area contributed by atoms with E-state index in [1.807, 2.05) is 26.1 Å². The Morgan fingerprint density at radius 3 is 2.60 bits per heavy atom. The highest BCUT2D eigenvalue weighted by Gasteiger charge is 2.05. The highest BCUT2D eigenvalue weighted by molar-refractivity contribution is 5.66. The summed E-state index contributed by atoms with van der Waals surface area (Å²) in [6, 6.07) is 7.13. The summed E-state index contributed by atoms with van der Waals surface area (Å²) in [4.78, 5) is 0. The summed E-state index contributed by atoms with van der Waals surface area (Å²) < 4.78 is 1.78. The zero-order valence-electron chi connectivity index (χ0n) is 8.73. The second-order valence-electron chi connectivity index (χ2n) is 3.41. The van der Waals surface area contributed by atoms with Crippen LogP contribution in [0.2, 0.25) is 0 Å². The van der Waals surface area contributed by atoms with Gasteiger partial charge in [0.25, 0.3) is 0 Å². The van der Waals surface area contributed by atoms with Gasteiger partial charge in [-0.2, -0.15) is 5.10 Å². The molecule has 0 amide bonds. The number of rotatable bonds is 2. The molecule has 1 heterocycles. The summed E-state index contributed by atoms with van der Waals surface area (Å²) in [5, 5.41) is 16.8. The van der Waals surface area contributed by atoms with Gasteiger partial charge in [-0.3, -0.25) is 4.68 Å². The molecule has 0 saturated heterocycles. The van der Waals surface area contributed by atoms with Gasteiger partial charge in [-0.1, -0.05) is 12.1 Å². The number of anilines is 2. The Bertz CT molecular complexity index is 476. The SMILES string of the molecule is Cc1c(Nc2ccccc2O)cnn1C. The fourth-order valence-corrected chi connectivity index (χ4v) is 1.35. The average Bonchev–Trinajstić information content (AvgIpc) is 2.53. The number of para-hydroxylation sites is 2. The van der Waals surface area contributed by atoms with Gasteiger partial charge in [0.2, 0.25) is 0 Å². The van der Waals surface area contributed by atoms with Crippen LogP contribution in [-0.4, -0.2) is 14.9 Å². The average molecular weight is 203 g/mol. The fraction of sp³-hybridized carbons (Fsp3) is 0.182. The smallest absolute Gasteiger partial charge is 0.139 e. The molecule has 0 saturated carbocycles. The van der Waals surface area contributed by atoms with Crippen molar-refractivity contribution in [3.63, 3.8) is 0 Å². The minimum Gasteiger partial charge on any atom is -0.506 e. The van der Waals surface area contributed by atoms with Crippen LogP contribution >= 0.6 is 0 Å². The molecule has 2 aromatic rings. The van der Waals surface area contributed by atoms with Crippen molar-refractivity contribution in [2.24, 2.45) is 7.05 Å². The van der Waals surface area contributed by atoms with Crippen LogP contribution in [0.3, 0.4) is 0 Å². The Morgan fingerprint density at radius 1 is 1.27 bits per heavy atom. The van der Waals surface area contributed by atoms with E-state index in [1.165, 1.54) is 0 Å². The number of nitrogens with zero attached hydrogens (tertiary/aromatic N) is 2. The van der Waals surface area contributed by atoms with Gasteiger partial charge in [-0.05, 0) is 19.1 Å². The van der Waals surface area contributed by atoms with E-state index in [2.05, 4.69) is 10.4 Å². The summed E-state index contributed by atoms with van der Waals surface area (Å²) in [6.07, 6.45) is 1.74. The highest BCUT2D eigenvalue weighted by atomic mass is 16.3. The van der Waals surface area contributed by atoms with E-state index < -0.39 is 0 Å². The first kappa shape index (κ1) is 9.58. The monoisotopic (exact) mass is 203 g/mol. The first-order chi connectivity index (χ1) is 7.18. The van der Waals surface area contributed by atoms with Crippen LogP contribution in [0.5, 0.6) is 5.75 Å². The van der Waals surface area contributed by atoms with E-state index in [0.717, 1.165) is 11.4 Å². The number of hydrogen-bond donors (Lipinski definition) is 2. The van der Waals surface area contributed by atoms with Crippen molar-refractivity contribution in [1.29, 1.82) is 0 Å². The molecule has 2 N–H and O–H groups in total. The van der Waals surface area contributed by atoms with Crippen molar-refractivity contribution in [3.05, 3.63) is 36.2 Å². The lowest BCUT2D eigenvalue weighted by Gasteiger charge is -2.06. The molecular formula is C11H13N3O. The molecule has 0 fully saturated rings. The zero-order chi connectivity index (χ0) is 10.8. The minimum atomic E-state index is 0.237. The molecule has 78 valence electrons. The number of aryl methyl sites for hydroxylation is 1. The molecule has 0 aliphatic heterocycles. The molecule has 0 aliphatic carbocycles. The molecule has 0 radical (unpaired) electrons. The van der Waals surface area contributed by atoms with Crippen molar-refractivity contribution >= 4 is 11.4 Å². The number of nitrogens with one attached hydrogen (secondary N) is 1. The third-order valence-corrected chi connectivity index (χ3v) is 2.41. The van der Waals surface area contributed by atoms with Crippen LogP contribution < -0.4 is 5.32 Å². The molecule has 0 bridgehead atoms. The molecule has 0 atom stereocenters. The van der Waals surface area contributed by atoms with Crippen LogP contribution in [0.1, 0.15) is 5.69 Å². The summed E-state index contributed by atoms with van der Waals surface area (Å²) in [6.45, 7) is 1.97. The predicted octanol–water partition coefficient (Wildman–Crippen LogP) is 2.18. The van der Waals surface area contributed by atoms with Crippen LogP contribution in [0, 0.1) is 6.92 Å². The van der Waals surface area contributed by atoms with Crippen molar-refractivity contribution in [3.8, 4) is 5.75 Å². The van der Waals surface area contributed by atoms with Crippen molar-refractivity contribution < 1.29 is 5.11 Å². The van der Waals surface area contributed by atoms with Crippen LogP contribution in [0.25, 0.3) is 0 Å². The van der Waals surface area contributed by atoms with Gasteiger partial charge in [0.05, 0.1) is 23.3 Å². The quantitative estimate of drug-likeness (QED) is 0.735. The highest BCUT2D eigenvalue weighted by Crippen LogP contribution is 2.26. The lowest BCUT2D eigenvalue weighted by atomic mass is 10.3. The van der Waals surface area contributed by atoms with Gasteiger partial charge in [0.1, 0.15) is 5.75 Å². The van der Waals surface area contributed by atoms with Crippen LogP contribution in [0.15, 0.2) is 30.5 Å².